The Kier molecular flexibility index (Phi) is 6.82. The molecule has 0 atom stereocenters. The first-order chi connectivity index (χ1) is 12.4. The zero-order valence-corrected chi connectivity index (χ0v) is 14.6. The summed E-state index contributed by atoms with van der Waals surface area (Å²) >= 11 is 0. The predicted molar refractivity (Wildman–Crippen MR) is 93.9 cm³/mol. The lowest BCUT2D eigenvalue weighted by Crippen LogP contribution is -2.36. The van der Waals surface area contributed by atoms with Crippen LogP contribution in [0.25, 0.3) is 0 Å². The van der Waals surface area contributed by atoms with Crippen molar-refractivity contribution in [2.45, 2.75) is 26.2 Å². The maximum Gasteiger partial charge on any atom is 0.416 e. The van der Waals surface area contributed by atoms with Crippen LogP contribution in [-0.2, 0) is 19.3 Å². The fourth-order valence-corrected chi connectivity index (χ4v) is 2.18. The van der Waals surface area contributed by atoms with Crippen LogP contribution in [0.4, 0.5) is 13.2 Å². The zero-order valence-electron chi connectivity index (χ0n) is 14.6. The van der Waals surface area contributed by atoms with E-state index in [1.54, 1.807) is 25.4 Å². The number of ether oxygens (including phenoxy) is 1. The normalized spacial score (nSPS) is 12.0. The van der Waals surface area contributed by atoms with Gasteiger partial charge in [-0.1, -0.05) is 18.2 Å². The van der Waals surface area contributed by atoms with E-state index in [4.69, 9.17) is 4.74 Å². The van der Waals surface area contributed by atoms with E-state index in [1.807, 2.05) is 13.0 Å². The number of pyridine rings is 1. The smallest absolute Gasteiger partial charge is 0.416 e. The van der Waals surface area contributed by atoms with Crippen molar-refractivity contribution in [3.63, 3.8) is 0 Å². The van der Waals surface area contributed by atoms with E-state index < -0.39 is 11.7 Å². The molecule has 0 unspecified atom stereocenters. The number of methoxy groups -OCH3 is 1. The third kappa shape index (κ3) is 5.94. The van der Waals surface area contributed by atoms with E-state index in [2.05, 4.69) is 20.6 Å². The molecule has 0 amide bonds. The molecule has 0 aliphatic heterocycles. The first-order valence-electron chi connectivity index (χ1n) is 8.09. The fourth-order valence-electron chi connectivity index (χ4n) is 2.18. The zero-order chi connectivity index (χ0) is 19.0. The summed E-state index contributed by atoms with van der Waals surface area (Å²) in [6, 6.07) is 8.81. The van der Waals surface area contributed by atoms with Gasteiger partial charge in [-0.15, -0.1) is 0 Å². The van der Waals surface area contributed by atoms with Crippen LogP contribution >= 0.6 is 0 Å². The summed E-state index contributed by atoms with van der Waals surface area (Å²) < 4.78 is 43.3. The number of rotatable bonds is 6. The third-order valence-corrected chi connectivity index (χ3v) is 3.48. The number of aromatic nitrogens is 1. The maximum atomic E-state index is 12.8. The Hall–Kier alpha value is -2.77. The molecule has 0 aliphatic carbocycles. The van der Waals surface area contributed by atoms with E-state index in [9.17, 15) is 13.2 Å². The van der Waals surface area contributed by atoms with Gasteiger partial charge >= 0.3 is 6.18 Å². The highest BCUT2D eigenvalue weighted by molar-refractivity contribution is 5.79. The van der Waals surface area contributed by atoms with Gasteiger partial charge in [-0.3, -0.25) is 0 Å². The van der Waals surface area contributed by atoms with Gasteiger partial charge < -0.3 is 15.4 Å². The molecule has 2 N–H and O–H groups in total. The van der Waals surface area contributed by atoms with Crippen molar-refractivity contribution in [3.8, 4) is 5.88 Å². The first-order valence-corrected chi connectivity index (χ1v) is 8.09. The van der Waals surface area contributed by atoms with Crippen LogP contribution in [0.2, 0.25) is 0 Å². The minimum Gasteiger partial charge on any atom is -0.481 e. The van der Waals surface area contributed by atoms with Crippen molar-refractivity contribution in [2.75, 3.05) is 13.7 Å². The van der Waals surface area contributed by atoms with Crippen LogP contribution in [0.1, 0.15) is 23.6 Å². The van der Waals surface area contributed by atoms with E-state index in [1.165, 1.54) is 6.07 Å². The standard InChI is InChI=1S/C18H21F3N4O/c1-3-22-17(25-12-14-7-8-16(26-2)23-11-14)24-10-13-5-4-6-15(9-13)18(19,20)21/h4-9,11H,3,10,12H2,1-2H3,(H2,22,24,25). The Morgan fingerprint density at radius 2 is 1.96 bits per heavy atom. The van der Waals surface area contributed by atoms with Crippen molar-refractivity contribution < 1.29 is 17.9 Å². The molecule has 0 aliphatic rings. The molecular formula is C18H21F3N4O. The molecule has 2 aromatic rings. The number of halogens is 3. The molecule has 0 saturated carbocycles. The Morgan fingerprint density at radius 1 is 1.15 bits per heavy atom. The lowest BCUT2D eigenvalue weighted by atomic mass is 10.1. The van der Waals surface area contributed by atoms with Gasteiger partial charge in [0.2, 0.25) is 5.88 Å². The van der Waals surface area contributed by atoms with Crippen molar-refractivity contribution >= 4 is 5.96 Å². The number of guanidine groups is 1. The molecule has 5 nitrogen and oxygen atoms in total. The second-order valence-corrected chi connectivity index (χ2v) is 5.46. The van der Waals surface area contributed by atoms with Crippen molar-refractivity contribution in [1.29, 1.82) is 0 Å². The second-order valence-electron chi connectivity index (χ2n) is 5.46. The van der Waals surface area contributed by atoms with Crippen LogP contribution in [0.15, 0.2) is 47.6 Å². The van der Waals surface area contributed by atoms with Gasteiger partial charge in [-0.25, -0.2) is 9.98 Å². The summed E-state index contributed by atoms with van der Waals surface area (Å²) in [7, 11) is 1.54. The van der Waals surface area contributed by atoms with Gasteiger partial charge in [0.05, 0.1) is 19.2 Å². The van der Waals surface area contributed by atoms with Gasteiger partial charge in [0.25, 0.3) is 0 Å². The van der Waals surface area contributed by atoms with Crippen molar-refractivity contribution in [1.82, 2.24) is 15.6 Å². The Morgan fingerprint density at radius 3 is 2.58 bits per heavy atom. The topological polar surface area (TPSA) is 58.5 Å². The van der Waals surface area contributed by atoms with Gasteiger partial charge in [-0.2, -0.15) is 13.2 Å². The number of alkyl halides is 3. The molecule has 8 heteroatoms. The third-order valence-electron chi connectivity index (χ3n) is 3.48. The molecule has 1 aromatic carbocycles. The van der Waals surface area contributed by atoms with Crippen molar-refractivity contribution in [3.05, 3.63) is 59.3 Å². The Balaban J connectivity index is 2.01. The number of hydrogen-bond donors (Lipinski definition) is 2. The summed E-state index contributed by atoms with van der Waals surface area (Å²) in [6.45, 7) is 3.16. The summed E-state index contributed by atoms with van der Waals surface area (Å²) in [5.74, 6) is 1.04. The summed E-state index contributed by atoms with van der Waals surface area (Å²) in [5, 5.41) is 6.10. The molecule has 1 heterocycles. The minimum atomic E-state index is -4.35. The molecule has 0 fully saturated rings. The SMILES string of the molecule is CCNC(=NCc1ccc(OC)nc1)NCc1cccc(C(F)(F)F)c1. The monoisotopic (exact) mass is 366 g/mol. The van der Waals surface area contributed by atoms with Crippen molar-refractivity contribution in [2.24, 2.45) is 4.99 Å². The summed E-state index contributed by atoms with van der Waals surface area (Å²) in [4.78, 5) is 8.53. The van der Waals surface area contributed by atoms with Crippen LogP contribution in [0.3, 0.4) is 0 Å². The number of hydrogen-bond acceptors (Lipinski definition) is 3. The molecule has 26 heavy (non-hydrogen) atoms. The van der Waals surface area contributed by atoms with Gasteiger partial charge in [-0.05, 0) is 30.2 Å². The molecule has 1 aromatic heterocycles. The van der Waals surface area contributed by atoms with E-state index >= 15 is 0 Å². The quantitative estimate of drug-likeness (QED) is 0.608. The lowest BCUT2D eigenvalue weighted by Gasteiger charge is -2.13. The molecule has 0 radical (unpaired) electrons. The largest absolute Gasteiger partial charge is 0.481 e. The molecule has 140 valence electrons. The molecule has 0 saturated heterocycles. The Bertz CT molecular complexity index is 730. The summed E-state index contributed by atoms with van der Waals surface area (Å²) in [5.41, 5.74) is 0.752. The average Bonchev–Trinajstić information content (AvgIpc) is 2.64. The lowest BCUT2D eigenvalue weighted by molar-refractivity contribution is -0.137. The Labute approximate surface area is 150 Å². The fraction of sp³-hybridized carbons (Fsp3) is 0.333. The summed E-state index contributed by atoms with van der Waals surface area (Å²) in [6.07, 6.45) is -2.69. The van der Waals surface area contributed by atoms with E-state index in [0.717, 1.165) is 17.7 Å². The van der Waals surface area contributed by atoms with Gasteiger partial charge in [0, 0.05) is 25.4 Å². The van der Waals surface area contributed by atoms with Crippen LogP contribution < -0.4 is 15.4 Å². The van der Waals surface area contributed by atoms with Crippen LogP contribution in [-0.4, -0.2) is 24.6 Å². The van der Waals surface area contributed by atoms with Gasteiger partial charge in [0.1, 0.15) is 0 Å². The highest BCUT2D eigenvalue weighted by atomic mass is 19.4. The van der Waals surface area contributed by atoms with E-state index in [0.29, 0.717) is 30.5 Å². The molecule has 0 bridgehead atoms. The molecular weight excluding hydrogens is 345 g/mol. The predicted octanol–water partition coefficient (Wildman–Crippen LogP) is 3.36. The molecule has 2 rings (SSSR count). The first kappa shape index (κ1) is 19.6. The minimum absolute atomic E-state index is 0.233. The van der Waals surface area contributed by atoms with E-state index in [-0.39, 0.29) is 6.54 Å². The highest BCUT2D eigenvalue weighted by Gasteiger charge is 2.30. The second kappa shape index (κ2) is 9.07. The molecule has 0 spiro atoms. The number of nitrogens with zero attached hydrogens (tertiary/aromatic N) is 2. The maximum absolute atomic E-state index is 12.8. The number of aliphatic imine (C=N–C) groups is 1. The highest BCUT2D eigenvalue weighted by Crippen LogP contribution is 2.29. The van der Waals surface area contributed by atoms with Crippen LogP contribution in [0, 0.1) is 0 Å². The van der Waals surface area contributed by atoms with Crippen LogP contribution in [0.5, 0.6) is 5.88 Å². The average molecular weight is 366 g/mol. The van der Waals surface area contributed by atoms with Gasteiger partial charge in [0.15, 0.2) is 5.96 Å². The number of benzene rings is 1. The number of nitrogens with one attached hydrogen (secondary N) is 2.